The normalized spacial score (nSPS) is 29.1. The highest BCUT2D eigenvalue weighted by molar-refractivity contribution is 5.14. The Morgan fingerprint density at radius 2 is 2.33 bits per heavy atom. The second-order valence-electron chi connectivity index (χ2n) is 4.49. The summed E-state index contributed by atoms with van der Waals surface area (Å²) >= 11 is 0. The third-order valence-corrected chi connectivity index (χ3v) is 3.46. The number of allylic oxidation sites excluding steroid dienone is 1. The summed E-state index contributed by atoms with van der Waals surface area (Å²) in [4.78, 5) is 2.42. The highest BCUT2D eigenvalue weighted by atomic mass is 16.5. The van der Waals surface area contributed by atoms with Crippen LogP contribution in [0.15, 0.2) is 11.3 Å². The molecule has 15 heavy (non-hydrogen) atoms. The Hall–Kier alpha value is -0.540. The zero-order valence-corrected chi connectivity index (χ0v) is 9.88. The van der Waals surface area contributed by atoms with Crippen molar-refractivity contribution in [2.45, 2.75) is 45.8 Å². The first-order valence-corrected chi connectivity index (χ1v) is 6.09. The minimum absolute atomic E-state index is 0.348. The monoisotopic (exact) mass is 210 g/mol. The van der Waals surface area contributed by atoms with Gasteiger partial charge in [0.1, 0.15) is 6.23 Å². The predicted molar refractivity (Wildman–Crippen MR) is 61.3 cm³/mol. The van der Waals surface area contributed by atoms with Crippen LogP contribution in [0.25, 0.3) is 0 Å². The van der Waals surface area contributed by atoms with Gasteiger partial charge in [-0.05, 0) is 38.2 Å². The second-order valence-corrected chi connectivity index (χ2v) is 4.49. The topological polar surface area (TPSA) is 24.5 Å². The summed E-state index contributed by atoms with van der Waals surface area (Å²) in [5, 5.41) is 3.46. The number of ether oxygens (including phenoxy) is 1. The molecular weight excluding hydrogens is 188 g/mol. The molecule has 0 aliphatic carbocycles. The highest BCUT2D eigenvalue weighted by Crippen LogP contribution is 2.21. The van der Waals surface area contributed by atoms with E-state index in [1.165, 1.54) is 30.5 Å². The van der Waals surface area contributed by atoms with Crippen LogP contribution in [0.5, 0.6) is 0 Å². The molecule has 0 aromatic carbocycles. The van der Waals surface area contributed by atoms with Crippen LogP contribution in [0.4, 0.5) is 0 Å². The molecule has 86 valence electrons. The Bertz CT molecular complexity index is 244. The van der Waals surface area contributed by atoms with Crippen LogP contribution in [0, 0.1) is 0 Å². The van der Waals surface area contributed by atoms with Crippen LogP contribution >= 0.6 is 0 Å². The van der Waals surface area contributed by atoms with Gasteiger partial charge in [0.15, 0.2) is 0 Å². The molecule has 0 aromatic heterocycles. The minimum Gasteiger partial charge on any atom is -0.376 e. The van der Waals surface area contributed by atoms with Crippen molar-refractivity contribution in [1.29, 1.82) is 0 Å². The molecule has 0 spiro atoms. The maximum absolute atomic E-state index is 5.81. The largest absolute Gasteiger partial charge is 0.376 e. The van der Waals surface area contributed by atoms with Gasteiger partial charge in [0.25, 0.3) is 0 Å². The lowest BCUT2D eigenvalue weighted by Gasteiger charge is -2.38. The van der Waals surface area contributed by atoms with Gasteiger partial charge >= 0.3 is 0 Å². The van der Waals surface area contributed by atoms with Crippen molar-refractivity contribution in [3.05, 3.63) is 11.3 Å². The Kier molecular flexibility index (Phi) is 3.65. The van der Waals surface area contributed by atoms with E-state index in [4.69, 9.17) is 4.74 Å². The smallest absolute Gasteiger partial charge is 0.112 e. The van der Waals surface area contributed by atoms with E-state index in [0.717, 1.165) is 26.2 Å². The molecule has 0 radical (unpaired) electrons. The first kappa shape index (κ1) is 11.0. The van der Waals surface area contributed by atoms with E-state index in [-0.39, 0.29) is 0 Å². The molecule has 2 heterocycles. The molecule has 0 aromatic rings. The molecule has 0 amide bonds. The Balaban J connectivity index is 1.95. The van der Waals surface area contributed by atoms with E-state index in [9.17, 15) is 0 Å². The van der Waals surface area contributed by atoms with Crippen LogP contribution in [0.2, 0.25) is 0 Å². The van der Waals surface area contributed by atoms with Gasteiger partial charge in [-0.3, -0.25) is 4.90 Å². The fraction of sp³-hybridized carbons (Fsp3) is 0.833. The van der Waals surface area contributed by atoms with Crippen LogP contribution in [-0.2, 0) is 4.74 Å². The summed E-state index contributed by atoms with van der Waals surface area (Å²) in [5.74, 6) is 0. The number of rotatable bonds is 2. The molecule has 1 saturated heterocycles. The maximum Gasteiger partial charge on any atom is 0.112 e. The number of nitrogens with zero attached hydrogens (tertiary/aromatic N) is 1. The molecule has 2 rings (SSSR count). The first-order chi connectivity index (χ1) is 7.31. The average molecular weight is 210 g/mol. The summed E-state index contributed by atoms with van der Waals surface area (Å²) in [7, 11) is 0. The minimum atomic E-state index is 0.348. The zero-order chi connectivity index (χ0) is 10.7. The van der Waals surface area contributed by atoms with Gasteiger partial charge in [0, 0.05) is 18.8 Å². The highest BCUT2D eigenvalue weighted by Gasteiger charge is 2.24. The van der Waals surface area contributed by atoms with E-state index in [1.54, 1.807) is 0 Å². The summed E-state index contributed by atoms with van der Waals surface area (Å²) in [6.45, 7) is 7.37. The molecule has 1 atom stereocenters. The quantitative estimate of drug-likeness (QED) is 0.755. The molecular formula is C12H22N2O. The molecule has 2 aliphatic rings. The van der Waals surface area contributed by atoms with Crippen LogP contribution in [-0.4, -0.2) is 30.9 Å². The van der Waals surface area contributed by atoms with Crippen molar-refractivity contribution in [3.8, 4) is 0 Å². The summed E-state index contributed by atoms with van der Waals surface area (Å²) in [6.07, 6.45) is 5.22. The van der Waals surface area contributed by atoms with Gasteiger partial charge in [-0.2, -0.15) is 0 Å². The van der Waals surface area contributed by atoms with Crippen LogP contribution in [0.1, 0.15) is 39.5 Å². The molecule has 1 fully saturated rings. The molecule has 1 unspecified atom stereocenters. The summed E-state index contributed by atoms with van der Waals surface area (Å²) in [5.41, 5.74) is 2.89. The van der Waals surface area contributed by atoms with E-state index in [2.05, 4.69) is 24.1 Å². The van der Waals surface area contributed by atoms with Gasteiger partial charge in [-0.25, -0.2) is 0 Å². The van der Waals surface area contributed by atoms with E-state index < -0.39 is 0 Å². The number of hydrogen-bond donors (Lipinski definition) is 1. The molecule has 3 heteroatoms. The van der Waals surface area contributed by atoms with Gasteiger partial charge in [0.2, 0.25) is 0 Å². The third-order valence-electron chi connectivity index (χ3n) is 3.46. The van der Waals surface area contributed by atoms with Crippen molar-refractivity contribution in [1.82, 2.24) is 10.2 Å². The maximum atomic E-state index is 5.81. The fourth-order valence-electron chi connectivity index (χ4n) is 2.36. The fourth-order valence-corrected chi connectivity index (χ4v) is 2.36. The first-order valence-electron chi connectivity index (χ1n) is 6.09. The second kappa shape index (κ2) is 4.99. The molecule has 1 N–H and O–H groups in total. The SMILES string of the molecule is CCC1=C(C)NCN(C2CCCCO2)C1. The molecule has 2 aliphatic heterocycles. The van der Waals surface area contributed by atoms with Crippen molar-refractivity contribution in [3.63, 3.8) is 0 Å². The average Bonchev–Trinajstić information content (AvgIpc) is 2.31. The van der Waals surface area contributed by atoms with Crippen molar-refractivity contribution in [2.24, 2.45) is 0 Å². The number of nitrogens with one attached hydrogen (secondary N) is 1. The van der Waals surface area contributed by atoms with Gasteiger partial charge in [-0.15, -0.1) is 0 Å². The van der Waals surface area contributed by atoms with Gasteiger partial charge in [0.05, 0.1) is 6.67 Å². The third kappa shape index (κ3) is 2.52. The molecule has 0 saturated carbocycles. The Morgan fingerprint density at radius 3 is 3.00 bits per heavy atom. The van der Waals surface area contributed by atoms with E-state index in [0.29, 0.717) is 6.23 Å². The molecule has 3 nitrogen and oxygen atoms in total. The van der Waals surface area contributed by atoms with Gasteiger partial charge in [-0.1, -0.05) is 6.92 Å². The lowest BCUT2D eigenvalue weighted by atomic mass is 10.1. The lowest BCUT2D eigenvalue weighted by Crippen LogP contribution is -2.48. The lowest BCUT2D eigenvalue weighted by molar-refractivity contribution is -0.0865. The predicted octanol–water partition coefficient (Wildman–Crippen LogP) is 2.06. The van der Waals surface area contributed by atoms with Crippen LogP contribution in [0.3, 0.4) is 0 Å². The summed E-state index contributed by atoms with van der Waals surface area (Å²) < 4.78 is 5.81. The van der Waals surface area contributed by atoms with Crippen molar-refractivity contribution < 1.29 is 4.74 Å². The van der Waals surface area contributed by atoms with Crippen molar-refractivity contribution >= 4 is 0 Å². The standard InChI is InChI=1S/C12H22N2O/c1-3-11-8-14(9-13-10(11)2)12-6-4-5-7-15-12/h12-13H,3-9H2,1-2H3. The molecule has 0 bridgehead atoms. The Morgan fingerprint density at radius 1 is 1.47 bits per heavy atom. The Labute approximate surface area is 92.5 Å². The van der Waals surface area contributed by atoms with E-state index in [1.807, 2.05) is 0 Å². The van der Waals surface area contributed by atoms with Crippen LogP contribution < -0.4 is 5.32 Å². The zero-order valence-electron chi connectivity index (χ0n) is 9.88. The summed E-state index contributed by atoms with van der Waals surface area (Å²) in [6, 6.07) is 0. The van der Waals surface area contributed by atoms with E-state index >= 15 is 0 Å². The van der Waals surface area contributed by atoms with Gasteiger partial charge < -0.3 is 10.1 Å². The van der Waals surface area contributed by atoms with Crippen molar-refractivity contribution in [2.75, 3.05) is 19.8 Å². The number of hydrogen-bond acceptors (Lipinski definition) is 3.